The summed E-state index contributed by atoms with van der Waals surface area (Å²) in [6.45, 7) is 4.23. The van der Waals surface area contributed by atoms with Crippen molar-refractivity contribution in [2.75, 3.05) is 0 Å². The molecule has 1 rings (SSSR count). The summed E-state index contributed by atoms with van der Waals surface area (Å²) < 4.78 is 0. The summed E-state index contributed by atoms with van der Waals surface area (Å²) in [5, 5.41) is 0.723. The van der Waals surface area contributed by atoms with E-state index in [4.69, 9.17) is 0 Å². The van der Waals surface area contributed by atoms with Gasteiger partial charge < -0.3 is 0 Å². The van der Waals surface area contributed by atoms with Crippen molar-refractivity contribution >= 4 is 16.9 Å². The van der Waals surface area contributed by atoms with Crippen LogP contribution in [-0.2, 0) is 4.79 Å². The molecule has 0 spiro atoms. The lowest BCUT2D eigenvalue weighted by molar-refractivity contribution is -0.106. The van der Waals surface area contributed by atoms with Crippen molar-refractivity contribution in [1.29, 1.82) is 0 Å². The molecule has 0 aromatic heterocycles. The number of rotatable bonds is 2. The van der Waals surface area contributed by atoms with Crippen LogP contribution >= 0.6 is 11.8 Å². The molecule has 1 aliphatic heterocycles. The lowest BCUT2D eigenvalue weighted by Crippen LogP contribution is -1.98. The summed E-state index contributed by atoms with van der Waals surface area (Å²) in [5.41, 5.74) is 1.32. The molecule has 0 radical (unpaired) electrons. The first-order chi connectivity index (χ1) is 4.77. The van der Waals surface area contributed by atoms with Crippen LogP contribution in [0.2, 0.25) is 0 Å². The molecule has 1 nitrogen and oxygen atoms in total. The quantitative estimate of drug-likeness (QED) is 0.610. The lowest BCUT2D eigenvalue weighted by Gasteiger charge is -2.06. The lowest BCUT2D eigenvalue weighted by atomic mass is 10.1. The first-order valence-electron chi connectivity index (χ1n) is 3.69. The summed E-state index contributed by atoms with van der Waals surface area (Å²) in [4.78, 5) is 10.9. The van der Waals surface area contributed by atoms with Crippen LogP contribution in [0, 0.1) is 0 Å². The molecule has 0 saturated carbocycles. The van der Waals surface area contributed by atoms with Crippen molar-refractivity contribution in [3.8, 4) is 0 Å². The van der Waals surface area contributed by atoms with E-state index in [1.165, 1.54) is 17.3 Å². The number of hydrogen-bond acceptors (Lipinski definition) is 2. The maximum atomic E-state index is 10.9. The minimum Gasteiger partial charge on any atom is -0.282 e. The molecule has 56 valence electrons. The van der Waals surface area contributed by atoms with Crippen molar-refractivity contribution in [3.63, 3.8) is 0 Å². The zero-order valence-corrected chi connectivity index (χ0v) is 7.20. The Labute approximate surface area is 65.9 Å². The molecule has 0 amide bonds. The van der Waals surface area contributed by atoms with Gasteiger partial charge >= 0.3 is 0 Å². The van der Waals surface area contributed by atoms with Gasteiger partial charge in [-0.3, -0.25) is 4.79 Å². The smallest absolute Gasteiger partial charge is 0.212 e. The van der Waals surface area contributed by atoms with Crippen LogP contribution in [0.15, 0.2) is 11.6 Å². The predicted molar refractivity (Wildman–Crippen MR) is 45.1 cm³/mol. The Kier molecular flexibility index (Phi) is 2.55. The molecule has 0 aromatic rings. The van der Waals surface area contributed by atoms with E-state index in [1.807, 2.05) is 0 Å². The Bertz CT molecular complexity index is 172. The van der Waals surface area contributed by atoms with Crippen molar-refractivity contribution in [3.05, 3.63) is 11.6 Å². The van der Waals surface area contributed by atoms with Crippen molar-refractivity contribution in [2.45, 2.75) is 31.9 Å². The van der Waals surface area contributed by atoms with Crippen LogP contribution in [0.4, 0.5) is 0 Å². The molecule has 0 fully saturated rings. The number of carbonyl (C=O) groups excluding carboxylic acids is 1. The molecular weight excluding hydrogens is 144 g/mol. The van der Waals surface area contributed by atoms with E-state index in [-0.39, 0.29) is 5.12 Å². The van der Waals surface area contributed by atoms with Crippen LogP contribution in [0.5, 0.6) is 0 Å². The van der Waals surface area contributed by atoms with E-state index in [2.05, 4.69) is 13.8 Å². The molecule has 1 unspecified atom stereocenters. The average Bonchev–Trinajstić information content (AvgIpc) is 2.30. The second-order valence-corrected chi connectivity index (χ2v) is 3.61. The van der Waals surface area contributed by atoms with Gasteiger partial charge in [-0.25, -0.2) is 0 Å². The maximum absolute atomic E-state index is 10.9. The van der Waals surface area contributed by atoms with Gasteiger partial charge in [0.05, 0.1) is 0 Å². The molecule has 1 heterocycles. The fraction of sp³-hybridized carbons (Fsp3) is 0.625. The standard InChI is InChI=1S/C8H12OS/c1-3-6-5-8(9)10-7(6)4-2/h5,7H,3-4H2,1-2H3. The number of hydrogen-bond donors (Lipinski definition) is 0. The maximum Gasteiger partial charge on any atom is 0.212 e. The van der Waals surface area contributed by atoms with Gasteiger partial charge in [0, 0.05) is 5.25 Å². The molecule has 0 aromatic carbocycles. The molecule has 0 N–H and O–H groups in total. The van der Waals surface area contributed by atoms with Crippen molar-refractivity contribution in [1.82, 2.24) is 0 Å². The van der Waals surface area contributed by atoms with Crippen LogP contribution in [-0.4, -0.2) is 10.4 Å². The summed E-state index contributed by atoms with van der Waals surface area (Å²) in [6, 6.07) is 0. The molecule has 2 heteroatoms. The van der Waals surface area contributed by atoms with Gasteiger partial charge in [-0.15, -0.1) is 0 Å². The highest BCUT2D eigenvalue weighted by molar-refractivity contribution is 8.15. The molecular formula is C8H12OS. The van der Waals surface area contributed by atoms with Crippen LogP contribution in [0.1, 0.15) is 26.7 Å². The van der Waals surface area contributed by atoms with E-state index in [0.717, 1.165) is 12.8 Å². The van der Waals surface area contributed by atoms with Gasteiger partial charge in [0.15, 0.2) is 0 Å². The normalized spacial score (nSPS) is 25.2. The highest BCUT2D eigenvalue weighted by Gasteiger charge is 2.21. The monoisotopic (exact) mass is 156 g/mol. The fourth-order valence-corrected chi connectivity index (χ4v) is 2.22. The van der Waals surface area contributed by atoms with E-state index in [9.17, 15) is 4.79 Å². The highest BCUT2D eigenvalue weighted by atomic mass is 32.2. The van der Waals surface area contributed by atoms with Crippen LogP contribution in [0.3, 0.4) is 0 Å². The van der Waals surface area contributed by atoms with Crippen LogP contribution in [0.25, 0.3) is 0 Å². The minimum absolute atomic E-state index is 0.240. The molecule has 1 aliphatic rings. The number of carbonyl (C=O) groups is 1. The Morgan fingerprint density at radius 2 is 2.30 bits per heavy atom. The third-order valence-electron chi connectivity index (χ3n) is 1.75. The Balaban J connectivity index is 2.65. The largest absolute Gasteiger partial charge is 0.282 e. The first-order valence-corrected chi connectivity index (χ1v) is 4.57. The third-order valence-corrected chi connectivity index (χ3v) is 3.03. The molecule has 0 aliphatic carbocycles. The molecule has 10 heavy (non-hydrogen) atoms. The molecule has 1 atom stereocenters. The fourth-order valence-electron chi connectivity index (χ4n) is 1.17. The van der Waals surface area contributed by atoms with Gasteiger partial charge in [-0.05, 0) is 18.9 Å². The second kappa shape index (κ2) is 3.24. The van der Waals surface area contributed by atoms with E-state index in [1.54, 1.807) is 6.08 Å². The van der Waals surface area contributed by atoms with E-state index in [0.29, 0.717) is 5.25 Å². The Morgan fingerprint density at radius 1 is 1.60 bits per heavy atom. The Morgan fingerprint density at radius 3 is 2.70 bits per heavy atom. The average molecular weight is 156 g/mol. The van der Waals surface area contributed by atoms with Crippen LogP contribution < -0.4 is 0 Å². The third kappa shape index (κ3) is 1.43. The van der Waals surface area contributed by atoms with Crippen molar-refractivity contribution in [2.24, 2.45) is 0 Å². The highest BCUT2D eigenvalue weighted by Crippen LogP contribution is 2.32. The topological polar surface area (TPSA) is 17.1 Å². The van der Waals surface area contributed by atoms with E-state index >= 15 is 0 Å². The first kappa shape index (κ1) is 7.86. The molecule has 0 bridgehead atoms. The SMILES string of the molecule is CCC1=CC(=O)SC1CC. The number of thioether (sulfide) groups is 1. The van der Waals surface area contributed by atoms with Gasteiger partial charge in [0.25, 0.3) is 0 Å². The zero-order valence-electron chi connectivity index (χ0n) is 6.39. The van der Waals surface area contributed by atoms with Gasteiger partial charge in [0.1, 0.15) is 0 Å². The van der Waals surface area contributed by atoms with Crippen molar-refractivity contribution < 1.29 is 4.79 Å². The summed E-state index contributed by atoms with van der Waals surface area (Å²) in [7, 11) is 0. The summed E-state index contributed by atoms with van der Waals surface area (Å²) in [6.07, 6.45) is 3.90. The minimum atomic E-state index is 0.240. The second-order valence-electron chi connectivity index (χ2n) is 2.41. The van der Waals surface area contributed by atoms with E-state index < -0.39 is 0 Å². The predicted octanol–water partition coefficient (Wildman–Crippen LogP) is 2.37. The Hall–Kier alpha value is -0.240. The summed E-state index contributed by atoms with van der Waals surface area (Å²) >= 11 is 1.47. The van der Waals surface area contributed by atoms with Gasteiger partial charge in [-0.1, -0.05) is 31.2 Å². The molecule has 0 saturated heterocycles. The van der Waals surface area contributed by atoms with Gasteiger partial charge in [-0.2, -0.15) is 0 Å². The zero-order chi connectivity index (χ0) is 7.56. The summed E-state index contributed by atoms with van der Waals surface area (Å²) in [5.74, 6) is 0. The van der Waals surface area contributed by atoms with Gasteiger partial charge in [0.2, 0.25) is 5.12 Å².